The van der Waals surface area contributed by atoms with E-state index >= 15 is 0 Å². The molecule has 1 aromatic carbocycles. The maximum absolute atomic E-state index is 11.4. The van der Waals surface area contributed by atoms with Gasteiger partial charge in [-0.3, -0.25) is 10.2 Å². The molecule has 0 aliphatic rings. The molecule has 0 unspecified atom stereocenters. The number of aryl methyl sites for hydroxylation is 1. The Morgan fingerprint density at radius 1 is 1.43 bits per heavy atom. The molecule has 0 saturated heterocycles. The number of benzene rings is 1. The van der Waals surface area contributed by atoms with Crippen LogP contribution >= 0.6 is 11.8 Å². The zero-order chi connectivity index (χ0) is 15.4. The minimum absolute atomic E-state index is 0.198. The number of ether oxygens (including phenoxy) is 1. The van der Waals surface area contributed by atoms with Gasteiger partial charge in [0.25, 0.3) is 0 Å². The van der Waals surface area contributed by atoms with Crippen LogP contribution in [0.2, 0.25) is 0 Å². The van der Waals surface area contributed by atoms with E-state index in [0.717, 1.165) is 16.2 Å². The van der Waals surface area contributed by atoms with Crippen LogP contribution in [0.5, 0.6) is 5.75 Å². The number of carbonyl (C=O) groups excluding carboxylic acids is 1. The number of anilines is 1. The van der Waals surface area contributed by atoms with E-state index in [9.17, 15) is 4.79 Å². The Kier molecular flexibility index (Phi) is 4.77. The molecule has 0 saturated carbocycles. The van der Waals surface area contributed by atoms with Crippen LogP contribution in [-0.4, -0.2) is 13.0 Å². The topological polar surface area (TPSA) is 104 Å². The summed E-state index contributed by atoms with van der Waals surface area (Å²) in [5, 5.41) is 0. The highest BCUT2D eigenvalue weighted by atomic mass is 32.2. The Bertz CT molecular complexity index is 655. The normalized spacial score (nSPS) is 10.4. The van der Waals surface area contributed by atoms with E-state index in [-0.39, 0.29) is 5.76 Å². The van der Waals surface area contributed by atoms with Crippen LogP contribution < -0.4 is 21.7 Å². The molecular formula is C14H17N3O3S. The minimum atomic E-state index is -0.449. The molecule has 0 atom stereocenters. The third-order valence-electron chi connectivity index (χ3n) is 2.98. The molecule has 0 fully saturated rings. The number of thioether (sulfide) groups is 1. The molecule has 2 aromatic rings. The molecular weight excluding hydrogens is 290 g/mol. The number of nitrogens with one attached hydrogen (secondary N) is 1. The lowest BCUT2D eigenvalue weighted by Crippen LogP contribution is -2.29. The van der Waals surface area contributed by atoms with Gasteiger partial charge in [0.05, 0.1) is 7.11 Å². The van der Waals surface area contributed by atoms with E-state index in [1.54, 1.807) is 37.9 Å². The van der Waals surface area contributed by atoms with Gasteiger partial charge in [-0.1, -0.05) is 0 Å². The van der Waals surface area contributed by atoms with E-state index in [1.165, 1.54) is 0 Å². The Labute approximate surface area is 126 Å². The second kappa shape index (κ2) is 6.55. The largest absolute Gasteiger partial charge is 0.497 e. The first-order valence-corrected chi connectivity index (χ1v) is 7.20. The van der Waals surface area contributed by atoms with Gasteiger partial charge in [-0.25, -0.2) is 5.84 Å². The van der Waals surface area contributed by atoms with Crippen molar-refractivity contribution in [3.63, 3.8) is 0 Å². The Morgan fingerprint density at radius 3 is 2.86 bits per heavy atom. The maximum Gasteiger partial charge on any atom is 0.300 e. The van der Waals surface area contributed by atoms with Gasteiger partial charge in [0.2, 0.25) is 0 Å². The van der Waals surface area contributed by atoms with Gasteiger partial charge in [-0.15, -0.1) is 11.8 Å². The summed E-state index contributed by atoms with van der Waals surface area (Å²) in [6, 6.07) is 7.17. The van der Waals surface area contributed by atoms with Crippen LogP contribution in [0, 0.1) is 6.92 Å². The Hall–Kier alpha value is -2.12. The smallest absolute Gasteiger partial charge is 0.300 e. The van der Waals surface area contributed by atoms with Crippen LogP contribution in [0.15, 0.2) is 33.6 Å². The predicted molar refractivity (Wildman–Crippen MR) is 82.1 cm³/mol. The van der Waals surface area contributed by atoms with Crippen molar-refractivity contribution in [1.29, 1.82) is 0 Å². The summed E-state index contributed by atoms with van der Waals surface area (Å²) in [6.07, 6.45) is 0. The number of hydrogen-bond donors (Lipinski definition) is 3. The fourth-order valence-corrected chi connectivity index (χ4v) is 2.80. The fourth-order valence-electron chi connectivity index (χ4n) is 1.77. The number of furan rings is 1. The molecule has 7 heteroatoms. The summed E-state index contributed by atoms with van der Waals surface area (Å²) in [5.41, 5.74) is 9.58. The lowest BCUT2D eigenvalue weighted by Gasteiger charge is -2.07. The van der Waals surface area contributed by atoms with Gasteiger partial charge < -0.3 is 14.9 Å². The number of hydrogen-bond acceptors (Lipinski definition) is 6. The average molecular weight is 307 g/mol. The molecule has 2 rings (SSSR count). The van der Waals surface area contributed by atoms with Gasteiger partial charge in [0.1, 0.15) is 11.5 Å². The molecule has 0 aliphatic carbocycles. The summed E-state index contributed by atoms with van der Waals surface area (Å²) >= 11 is 1.55. The SMILES string of the molecule is COc1ccc(N)c(SCc2cc(C(=O)NN)oc2C)c1. The van der Waals surface area contributed by atoms with Crippen molar-refractivity contribution in [1.82, 2.24) is 5.43 Å². The summed E-state index contributed by atoms with van der Waals surface area (Å²) < 4.78 is 10.6. The Morgan fingerprint density at radius 2 is 2.19 bits per heavy atom. The number of nitrogen functional groups attached to an aromatic ring is 2. The summed E-state index contributed by atoms with van der Waals surface area (Å²) in [5.74, 6) is 6.90. The molecule has 0 aliphatic heterocycles. The standard InChI is InChI=1S/C14H17N3O3S/c1-8-9(5-12(20-8)14(18)17-16)7-21-13-6-10(19-2)3-4-11(13)15/h3-6H,7,15-16H2,1-2H3,(H,17,18). The van der Waals surface area contributed by atoms with Crippen molar-refractivity contribution < 1.29 is 13.9 Å². The minimum Gasteiger partial charge on any atom is -0.497 e. The van der Waals surface area contributed by atoms with E-state index in [1.807, 2.05) is 17.6 Å². The molecule has 1 amide bonds. The third-order valence-corrected chi connectivity index (χ3v) is 4.10. The molecule has 6 nitrogen and oxygen atoms in total. The highest BCUT2D eigenvalue weighted by molar-refractivity contribution is 7.98. The van der Waals surface area contributed by atoms with Crippen LogP contribution in [0.3, 0.4) is 0 Å². The summed E-state index contributed by atoms with van der Waals surface area (Å²) in [6.45, 7) is 1.80. The van der Waals surface area contributed by atoms with Gasteiger partial charge in [0, 0.05) is 21.9 Å². The van der Waals surface area contributed by atoms with Gasteiger partial charge in [-0.2, -0.15) is 0 Å². The molecule has 0 radical (unpaired) electrons. The molecule has 1 aromatic heterocycles. The number of amides is 1. The number of hydrazine groups is 1. The highest BCUT2D eigenvalue weighted by Crippen LogP contribution is 2.32. The summed E-state index contributed by atoms with van der Waals surface area (Å²) in [7, 11) is 1.61. The quantitative estimate of drug-likeness (QED) is 0.257. The van der Waals surface area contributed by atoms with Crippen molar-refractivity contribution in [3.8, 4) is 5.75 Å². The van der Waals surface area contributed by atoms with Gasteiger partial charge >= 0.3 is 5.91 Å². The van der Waals surface area contributed by atoms with Crippen LogP contribution in [-0.2, 0) is 5.75 Å². The van der Waals surface area contributed by atoms with Crippen molar-refractivity contribution in [2.45, 2.75) is 17.6 Å². The third kappa shape index (κ3) is 3.50. The van der Waals surface area contributed by atoms with E-state index < -0.39 is 5.91 Å². The van der Waals surface area contributed by atoms with Crippen molar-refractivity contribution in [2.75, 3.05) is 12.8 Å². The highest BCUT2D eigenvalue weighted by Gasteiger charge is 2.14. The van der Waals surface area contributed by atoms with Crippen LogP contribution in [0.1, 0.15) is 21.9 Å². The molecule has 0 bridgehead atoms. The Balaban J connectivity index is 2.13. The molecule has 21 heavy (non-hydrogen) atoms. The van der Waals surface area contributed by atoms with Crippen molar-refractivity contribution in [2.24, 2.45) is 5.84 Å². The number of methoxy groups -OCH3 is 1. The molecule has 1 heterocycles. The first-order chi connectivity index (χ1) is 10.0. The monoisotopic (exact) mass is 307 g/mol. The van der Waals surface area contributed by atoms with Crippen LogP contribution in [0.25, 0.3) is 0 Å². The van der Waals surface area contributed by atoms with E-state index in [0.29, 0.717) is 17.2 Å². The van der Waals surface area contributed by atoms with Crippen molar-refractivity contribution >= 4 is 23.4 Å². The lowest BCUT2D eigenvalue weighted by molar-refractivity contribution is 0.0924. The molecule has 0 spiro atoms. The second-order valence-electron chi connectivity index (χ2n) is 4.36. The van der Waals surface area contributed by atoms with Crippen molar-refractivity contribution in [3.05, 3.63) is 41.3 Å². The van der Waals surface area contributed by atoms with E-state index in [2.05, 4.69) is 0 Å². The first-order valence-electron chi connectivity index (χ1n) is 6.21. The number of carbonyl (C=O) groups is 1. The fraction of sp³-hybridized carbons (Fsp3) is 0.214. The van der Waals surface area contributed by atoms with Gasteiger partial charge in [-0.05, 0) is 31.2 Å². The van der Waals surface area contributed by atoms with Gasteiger partial charge in [0.15, 0.2) is 5.76 Å². The zero-order valence-corrected chi connectivity index (χ0v) is 12.6. The van der Waals surface area contributed by atoms with Crippen LogP contribution in [0.4, 0.5) is 5.69 Å². The second-order valence-corrected chi connectivity index (χ2v) is 5.38. The predicted octanol–water partition coefficient (Wildman–Crippen LogP) is 2.07. The molecule has 112 valence electrons. The number of rotatable bonds is 5. The zero-order valence-electron chi connectivity index (χ0n) is 11.8. The maximum atomic E-state index is 11.4. The average Bonchev–Trinajstić information content (AvgIpc) is 2.87. The molecule has 5 N–H and O–H groups in total. The lowest BCUT2D eigenvalue weighted by atomic mass is 10.3. The summed E-state index contributed by atoms with van der Waals surface area (Å²) in [4.78, 5) is 12.3. The first kappa shape index (κ1) is 15.3. The van der Waals surface area contributed by atoms with E-state index in [4.69, 9.17) is 20.7 Å². The number of nitrogens with two attached hydrogens (primary N) is 2.